The highest BCUT2D eigenvalue weighted by molar-refractivity contribution is 7.16. The molecule has 194 valence electrons. The number of carbonyl (C=O) groups is 1. The van der Waals surface area contributed by atoms with Crippen molar-refractivity contribution >= 4 is 41.2 Å². The number of aliphatic imine (C=N–C) groups is 1. The molecule has 0 radical (unpaired) electrons. The summed E-state index contributed by atoms with van der Waals surface area (Å²) in [6.45, 7) is 0.558. The Morgan fingerprint density at radius 2 is 2.16 bits per heavy atom. The van der Waals surface area contributed by atoms with Crippen molar-refractivity contribution in [2.75, 3.05) is 19.0 Å². The number of anilines is 1. The van der Waals surface area contributed by atoms with Crippen LogP contribution in [0.1, 0.15) is 46.9 Å². The number of hydrogen-bond acceptors (Lipinski definition) is 10. The van der Waals surface area contributed by atoms with Crippen molar-refractivity contribution < 1.29 is 19.4 Å². The van der Waals surface area contributed by atoms with E-state index in [1.54, 1.807) is 36.4 Å². The van der Waals surface area contributed by atoms with Gasteiger partial charge in [0.15, 0.2) is 0 Å². The molecule has 1 saturated heterocycles. The molecule has 38 heavy (non-hydrogen) atoms. The third-order valence-electron chi connectivity index (χ3n) is 6.43. The zero-order valence-electron chi connectivity index (χ0n) is 20.3. The number of carbonyl (C=O) groups excluding carboxylic acids is 1. The maximum Gasteiger partial charge on any atom is 0.412 e. The van der Waals surface area contributed by atoms with E-state index in [-0.39, 0.29) is 11.4 Å². The summed E-state index contributed by atoms with van der Waals surface area (Å²) >= 11 is 7.37. The number of aliphatic hydroxyl groups is 1. The SMILES string of the molecule is COC(=O)Nc1cc(-c2sc(C3(C4CCCCO4)N=CN=N3)c(C(O)c3ccc(Cl)cc3)c2C#N)ccn1. The smallest absolute Gasteiger partial charge is 0.412 e. The van der Waals surface area contributed by atoms with Crippen LogP contribution in [0.2, 0.25) is 5.02 Å². The second kappa shape index (κ2) is 11.0. The fourth-order valence-electron chi connectivity index (χ4n) is 4.61. The average molecular weight is 551 g/mol. The molecule has 2 aromatic heterocycles. The number of thiophene rings is 1. The molecule has 12 heteroatoms. The van der Waals surface area contributed by atoms with Gasteiger partial charge in [-0.2, -0.15) is 5.26 Å². The van der Waals surface area contributed by atoms with E-state index in [1.807, 2.05) is 0 Å². The summed E-state index contributed by atoms with van der Waals surface area (Å²) in [5, 5.41) is 33.7. The minimum absolute atomic E-state index is 0.247. The van der Waals surface area contributed by atoms with E-state index in [1.165, 1.54) is 31.0 Å². The van der Waals surface area contributed by atoms with Crippen LogP contribution in [0.4, 0.5) is 10.6 Å². The van der Waals surface area contributed by atoms with E-state index in [0.717, 1.165) is 12.8 Å². The quantitative estimate of drug-likeness (QED) is 0.396. The Bertz CT molecular complexity index is 1430. The second-order valence-electron chi connectivity index (χ2n) is 8.70. The van der Waals surface area contributed by atoms with Gasteiger partial charge in [0.25, 0.3) is 0 Å². The van der Waals surface area contributed by atoms with Gasteiger partial charge in [0.05, 0.1) is 22.4 Å². The van der Waals surface area contributed by atoms with E-state index >= 15 is 0 Å². The third kappa shape index (κ3) is 4.79. The minimum atomic E-state index is -1.24. The highest BCUT2D eigenvalue weighted by Gasteiger charge is 2.49. The first-order chi connectivity index (χ1) is 18.5. The molecule has 1 aromatic carbocycles. The number of hydrogen-bond donors (Lipinski definition) is 2. The van der Waals surface area contributed by atoms with Gasteiger partial charge in [-0.3, -0.25) is 5.32 Å². The third-order valence-corrected chi connectivity index (χ3v) is 8.05. The Hall–Kier alpha value is -3.69. The van der Waals surface area contributed by atoms with Crippen molar-refractivity contribution in [3.8, 4) is 16.5 Å². The predicted molar refractivity (Wildman–Crippen MR) is 142 cm³/mol. The number of nitrogens with one attached hydrogen (secondary N) is 1. The van der Waals surface area contributed by atoms with E-state index < -0.39 is 24.0 Å². The molecule has 5 rings (SSSR count). The van der Waals surface area contributed by atoms with Gasteiger partial charge in [-0.1, -0.05) is 23.7 Å². The number of rotatable bonds is 6. The first kappa shape index (κ1) is 25.9. The molecule has 0 spiro atoms. The highest BCUT2D eigenvalue weighted by atomic mass is 35.5. The van der Waals surface area contributed by atoms with Gasteiger partial charge < -0.3 is 14.6 Å². The van der Waals surface area contributed by atoms with E-state index in [4.69, 9.17) is 16.3 Å². The lowest BCUT2D eigenvalue weighted by molar-refractivity contribution is -0.0311. The number of pyridine rings is 1. The zero-order chi connectivity index (χ0) is 26.7. The van der Waals surface area contributed by atoms with Crippen molar-refractivity contribution in [3.63, 3.8) is 0 Å². The molecule has 4 heterocycles. The maximum absolute atomic E-state index is 11.8. The molecule has 2 N–H and O–H groups in total. The number of azo groups is 1. The predicted octanol–water partition coefficient (Wildman–Crippen LogP) is 5.81. The zero-order valence-corrected chi connectivity index (χ0v) is 21.9. The Labute approximate surface area is 227 Å². The van der Waals surface area contributed by atoms with Gasteiger partial charge in [-0.25, -0.2) is 14.8 Å². The number of amides is 1. The molecule has 0 aliphatic carbocycles. The van der Waals surface area contributed by atoms with Crippen LogP contribution in [0.25, 0.3) is 10.4 Å². The Kier molecular flexibility index (Phi) is 7.49. The minimum Gasteiger partial charge on any atom is -0.453 e. The number of methoxy groups -OCH3 is 1. The summed E-state index contributed by atoms with van der Waals surface area (Å²) < 4.78 is 10.8. The largest absolute Gasteiger partial charge is 0.453 e. The molecule has 0 saturated carbocycles. The van der Waals surface area contributed by atoms with Crippen molar-refractivity contribution in [2.24, 2.45) is 15.2 Å². The molecule has 3 aromatic rings. The van der Waals surface area contributed by atoms with Crippen molar-refractivity contribution in [1.82, 2.24) is 4.98 Å². The van der Waals surface area contributed by atoms with Crippen molar-refractivity contribution in [1.29, 1.82) is 5.26 Å². The summed E-state index contributed by atoms with van der Waals surface area (Å²) in [7, 11) is 1.26. The molecule has 1 fully saturated rings. The lowest BCUT2D eigenvalue weighted by Gasteiger charge is -2.34. The van der Waals surface area contributed by atoms with Crippen LogP contribution in [-0.4, -0.2) is 42.3 Å². The lowest BCUT2D eigenvalue weighted by Crippen LogP contribution is -2.39. The van der Waals surface area contributed by atoms with Gasteiger partial charge >= 0.3 is 6.09 Å². The van der Waals surface area contributed by atoms with Crippen LogP contribution < -0.4 is 5.32 Å². The van der Waals surface area contributed by atoms with Crippen molar-refractivity contribution in [2.45, 2.75) is 37.1 Å². The van der Waals surface area contributed by atoms with Gasteiger partial charge in [0, 0.05) is 23.4 Å². The van der Waals surface area contributed by atoms with Gasteiger partial charge in [0.1, 0.15) is 30.4 Å². The molecule has 1 amide bonds. The summed E-state index contributed by atoms with van der Waals surface area (Å²) in [4.78, 5) is 21.7. The lowest BCUT2D eigenvalue weighted by atomic mass is 9.88. The molecule has 2 aliphatic heterocycles. The van der Waals surface area contributed by atoms with Gasteiger partial charge in [-0.05, 0) is 54.7 Å². The van der Waals surface area contributed by atoms with E-state index in [0.29, 0.717) is 44.5 Å². The second-order valence-corrected chi connectivity index (χ2v) is 10.2. The van der Waals surface area contributed by atoms with Crippen molar-refractivity contribution in [3.05, 3.63) is 69.2 Å². The average Bonchev–Trinajstić information content (AvgIpc) is 3.60. The first-order valence-corrected chi connectivity index (χ1v) is 13.1. The normalized spacial score (nSPS) is 21.2. The Morgan fingerprint density at radius 1 is 1.34 bits per heavy atom. The molecule has 3 unspecified atom stereocenters. The van der Waals surface area contributed by atoms with Gasteiger partial charge in [-0.15, -0.1) is 21.6 Å². The molecule has 2 aliphatic rings. The van der Waals surface area contributed by atoms with Crippen LogP contribution in [0, 0.1) is 11.3 Å². The molecular weight excluding hydrogens is 528 g/mol. The number of ether oxygens (including phenoxy) is 2. The number of nitrogens with zero attached hydrogens (tertiary/aromatic N) is 5. The van der Waals surface area contributed by atoms with E-state index in [2.05, 4.69) is 36.3 Å². The van der Waals surface area contributed by atoms with Gasteiger partial charge in [0.2, 0.25) is 5.66 Å². The van der Waals surface area contributed by atoms with Crippen LogP contribution >= 0.6 is 22.9 Å². The monoisotopic (exact) mass is 550 g/mol. The number of halogens is 1. The molecule has 0 bridgehead atoms. The van der Waals surface area contributed by atoms with E-state index in [9.17, 15) is 15.2 Å². The molecular formula is C26H23ClN6O4S. The first-order valence-electron chi connectivity index (χ1n) is 11.9. The van der Waals surface area contributed by atoms with Crippen LogP contribution in [0.5, 0.6) is 0 Å². The fraction of sp³-hybridized carbons (Fsp3) is 0.308. The summed E-state index contributed by atoms with van der Waals surface area (Å²) in [6, 6.07) is 12.4. The Balaban J connectivity index is 1.72. The number of benzene rings is 1. The van der Waals surface area contributed by atoms with Crippen LogP contribution in [0.15, 0.2) is 57.8 Å². The summed E-state index contributed by atoms with van der Waals surface area (Å²) in [5.74, 6) is 0.247. The van der Waals surface area contributed by atoms with Crippen LogP contribution in [0.3, 0.4) is 0 Å². The number of aromatic nitrogens is 1. The molecule has 10 nitrogen and oxygen atoms in total. The fourth-order valence-corrected chi connectivity index (χ4v) is 6.14. The highest BCUT2D eigenvalue weighted by Crippen LogP contribution is 2.51. The maximum atomic E-state index is 11.8. The number of aliphatic hydroxyl groups excluding tert-OH is 1. The summed E-state index contributed by atoms with van der Waals surface area (Å²) in [5.41, 5.74) is 0.564. The molecule has 3 atom stereocenters. The standard InChI is InChI=1S/C26H23ClN6O4S/c1-36-25(35)32-20-12-16(9-10-29-20)23-18(13-28)21(22(34)15-5-7-17(27)8-6-15)24(38-23)26(30-14-31-33-26)19-4-2-3-11-37-19/h5-10,12,14,19,22,34H,2-4,11H2,1H3,(H,29,32,35). The Morgan fingerprint density at radius 3 is 2.82 bits per heavy atom. The van der Waals surface area contributed by atoms with Crippen LogP contribution in [-0.2, 0) is 15.1 Å². The topological polar surface area (TPSA) is 142 Å². The summed E-state index contributed by atoms with van der Waals surface area (Å²) in [6.07, 6.45) is 3.20. The number of nitriles is 1.